The molecule has 0 N–H and O–H groups in total. The number of carbonyl (C=O) groups excluding carboxylic acids is 2. The van der Waals surface area contributed by atoms with E-state index in [2.05, 4.69) is 0 Å². The van der Waals surface area contributed by atoms with Crippen molar-refractivity contribution in [1.29, 1.82) is 0 Å². The number of nitrogens with zero attached hydrogens (tertiary/aromatic N) is 3. The van der Waals surface area contributed by atoms with Crippen LogP contribution in [0.3, 0.4) is 0 Å². The number of methoxy groups -OCH3 is 1. The van der Waals surface area contributed by atoms with Gasteiger partial charge in [0, 0.05) is 50.9 Å². The van der Waals surface area contributed by atoms with E-state index in [4.69, 9.17) is 4.74 Å². The Kier molecular flexibility index (Phi) is 5.19. The highest BCUT2D eigenvalue weighted by atomic mass is 32.2. The molecule has 2 aliphatic heterocycles. The molecule has 3 rings (SSSR count). The summed E-state index contributed by atoms with van der Waals surface area (Å²) in [6.07, 6.45) is 1.34. The predicted octanol–water partition coefficient (Wildman–Crippen LogP) is 0.152. The lowest BCUT2D eigenvalue weighted by molar-refractivity contribution is -0.136. The SMILES string of the molecule is COc1cccc(N2C[C@H](C(=O)N3CCN(S(C)(=O)=O)CC3)CC2=O)c1. The van der Waals surface area contributed by atoms with Crippen molar-refractivity contribution >= 4 is 27.5 Å². The molecular formula is C17H23N3O5S. The Bertz CT molecular complexity index is 802. The maximum Gasteiger partial charge on any atom is 0.228 e. The van der Waals surface area contributed by atoms with Crippen molar-refractivity contribution in [2.45, 2.75) is 6.42 Å². The number of anilines is 1. The summed E-state index contributed by atoms with van der Waals surface area (Å²) in [5.41, 5.74) is 0.714. The van der Waals surface area contributed by atoms with Crippen molar-refractivity contribution in [3.05, 3.63) is 24.3 Å². The molecule has 1 atom stereocenters. The number of rotatable bonds is 4. The topological polar surface area (TPSA) is 87.2 Å². The summed E-state index contributed by atoms with van der Waals surface area (Å²) < 4.78 is 29.7. The van der Waals surface area contributed by atoms with Crippen LogP contribution in [-0.4, -0.2) is 75.5 Å². The summed E-state index contributed by atoms with van der Waals surface area (Å²) in [4.78, 5) is 28.4. The molecule has 0 bridgehead atoms. The summed E-state index contributed by atoms with van der Waals surface area (Å²) in [6.45, 7) is 1.64. The van der Waals surface area contributed by atoms with Crippen molar-refractivity contribution < 1.29 is 22.7 Å². The molecule has 1 aromatic rings. The zero-order chi connectivity index (χ0) is 18.9. The van der Waals surface area contributed by atoms with Crippen LogP contribution < -0.4 is 9.64 Å². The molecule has 2 heterocycles. The van der Waals surface area contributed by atoms with Crippen molar-refractivity contribution in [2.75, 3.05) is 51.0 Å². The fourth-order valence-corrected chi connectivity index (χ4v) is 4.23. The summed E-state index contributed by atoms with van der Waals surface area (Å²) >= 11 is 0. The van der Waals surface area contributed by atoms with Gasteiger partial charge in [-0.05, 0) is 12.1 Å². The Labute approximate surface area is 153 Å². The molecule has 142 valence electrons. The van der Waals surface area contributed by atoms with Gasteiger partial charge in [-0.15, -0.1) is 0 Å². The molecule has 0 saturated carbocycles. The maximum atomic E-state index is 12.8. The second-order valence-electron chi connectivity index (χ2n) is 6.59. The minimum atomic E-state index is -3.23. The lowest BCUT2D eigenvalue weighted by Crippen LogP contribution is -2.51. The quantitative estimate of drug-likeness (QED) is 0.741. The molecule has 0 radical (unpaired) electrons. The Morgan fingerprint density at radius 1 is 1.19 bits per heavy atom. The molecule has 0 aromatic heterocycles. The van der Waals surface area contributed by atoms with Crippen molar-refractivity contribution in [3.63, 3.8) is 0 Å². The number of hydrogen-bond donors (Lipinski definition) is 0. The van der Waals surface area contributed by atoms with Crippen LogP contribution in [0.5, 0.6) is 5.75 Å². The lowest BCUT2D eigenvalue weighted by atomic mass is 10.1. The van der Waals surface area contributed by atoms with Gasteiger partial charge in [-0.3, -0.25) is 9.59 Å². The molecule has 9 heteroatoms. The third-order valence-corrected chi connectivity index (χ3v) is 6.16. The van der Waals surface area contributed by atoms with Crippen LogP contribution in [-0.2, 0) is 19.6 Å². The smallest absolute Gasteiger partial charge is 0.228 e. The molecule has 1 aromatic carbocycles. The first-order valence-electron chi connectivity index (χ1n) is 8.48. The third-order valence-electron chi connectivity index (χ3n) is 4.86. The number of benzene rings is 1. The minimum Gasteiger partial charge on any atom is -0.497 e. The second kappa shape index (κ2) is 7.24. The lowest BCUT2D eigenvalue weighted by Gasteiger charge is -2.34. The van der Waals surface area contributed by atoms with E-state index < -0.39 is 15.9 Å². The normalized spacial score (nSPS) is 21.9. The van der Waals surface area contributed by atoms with Gasteiger partial charge in [-0.1, -0.05) is 6.07 Å². The standard InChI is InChI=1S/C17H23N3O5S/c1-25-15-5-3-4-14(11-15)20-12-13(10-16(20)21)17(22)18-6-8-19(9-7-18)26(2,23)24/h3-5,11,13H,6-10,12H2,1-2H3/t13-/m1/s1. The number of piperazine rings is 1. The summed E-state index contributed by atoms with van der Waals surface area (Å²) in [6, 6.07) is 7.20. The fourth-order valence-electron chi connectivity index (χ4n) is 3.40. The fraction of sp³-hybridized carbons (Fsp3) is 0.529. The van der Waals surface area contributed by atoms with E-state index >= 15 is 0 Å². The van der Waals surface area contributed by atoms with Crippen molar-refractivity contribution in [3.8, 4) is 5.75 Å². The summed E-state index contributed by atoms with van der Waals surface area (Å²) in [7, 11) is -1.67. The number of amides is 2. The number of carbonyl (C=O) groups is 2. The number of hydrogen-bond acceptors (Lipinski definition) is 5. The van der Waals surface area contributed by atoms with Crippen LogP contribution in [0, 0.1) is 5.92 Å². The van der Waals surface area contributed by atoms with E-state index in [1.165, 1.54) is 10.6 Å². The molecule has 2 fully saturated rings. The van der Waals surface area contributed by atoms with Gasteiger partial charge >= 0.3 is 0 Å². The van der Waals surface area contributed by atoms with E-state index in [0.29, 0.717) is 44.2 Å². The van der Waals surface area contributed by atoms with Crippen LogP contribution >= 0.6 is 0 Å². The van der Waals surface area contributed by atoms with Crippen molar-refractivity contribution in [1.82, 2.24) is 9.21 Å². The van der Waals surface area contributed by atoms with Gasteiger partial charge in [0.2, 0.25) is 21.8 Å². The summed E-state index contributed by atoms with van der Waals surface area (Å²) in [5.74, 6) is 0.0729. The highest BCUT2D eigenvalue weighted by Crippen LogP contribution is 2.29. The minimum absolute atomic E-state index is 0.0862. The van der Waals surface area contributed by atoms with E-state index in [-0.39, 0.29) is 18.2 Å². The largest absolute Gasteiger partial charge is 0.497 e. The summed E-state index contributed by atoms with van der Waals surface area (Å²) in [5, 5.41) is 0. The average molecular weight is 381 g/mol. The maximum absolute atomic E-state index is 12.8. The molecular weight excluding hydrogens is 358 g/mol. The zero-order valence-electron chi connectivity index (χ0n) is 14.9. The van der Waals surface area contributed by atoms with Gasteiger partial charge in [0.05, 0.1) is 19.3 Å². The van der Waals surface area contributed by atoms with Gasteiger partial charge < -0.3 is 14.5 Å². The van der Waals surface area contributed by atoms with E-state index in [9.17, 15) is 18.0 Å². The first-order valence-corrected chi connectivity index (χ1v) is 10.3. The molecule has 2 aliphatic rings. The molecule has 2 saturated heterocycles. The Morgan fingerprint density at radius 3 is 2.50 bits per heavy atom. The molecule has 0 aliphatic carbocycles. The molecule has 26 heavy (non-hydrogen) atoms. The van der Waals surface area contributed by atoms with Gasteiger partial charge in [0.15, 0.2) is 0 Å². The predicted molar refractivity (Wildman–Crippen MR) is 96.5 cm³/mol. The second-order valence-corrected chi connectivity index (χ2v) is 8.58. The molecule has 8 nitrogen and oxygen atoms in total. The third kappa shape index (κ3) is 3.83. The van der Waals surface area contributed by atoms with Crippen LogP contribution in [0.1, 0.15) is 6.42 Å². The van der Waals surface area contributed by atoms with Crippen LogP contribution in [0.25, 0.3) is 0 Å². The average Bonchev–Trinajstić information content (AvgIpc) is 3.02. The van der Waals surface area contributed by atoms with Crippen LogP contribution in [0.4, 0.5) is 5.69 Å². The molecule has 0 spiro atoms. The number of ether oxygens (including phenoxy) is 1. The van der Waals surface area contributed by atoms with Gasteiger partial charge in [0.1, 0.15) is 5.75 Å². The Hall–Kier alpha value is -2.13. The highest BCUT2D eigenvalue weighted by Gasteiger charge is 2.38. The van der Waals surface area contributed by atoms with Gasteiger partial charge in [-0.2, -0.15) is 4.31 Å². The first kappa shape index (κ1) is 18.7. The zero-order valence-corrected chi connectivity index (χ0v) is 15.7. The first-order chi connectivity index (χ1) is 12.3. The van der Waals surface area contributed by atoms with E-state index in [1.54, 1.807) is 35.1 Å². The molecule has 0 unspecified atom stereocenters. The Morgan fingerprint density at radius 2 is 1.88 bits per heavy atom. The van der Waals surface area contributed by atoms with Crippen LogP contribution in [0.2, 0.25) is 0 Å². The van der Waals surface area contributed by atoms with Crippen molar-refractivity contribution in [2.24, 2.45) is 5.92 Å². The number of sulfonamides is 1. The highest BCUT2D eigenvalue weighted by molar-refractivity contribution is 7.88. The van der Waals surface area contributed by atoms with Gasteiger partial charge in [-0.25, -0.2) is 8.42 Å². The van der Waals surface area contributed by atoms with Crippen LogP contribution in [0.15, 0.2) is 24.3 Å². The monoisotopic (exact) mass is 381 g/mol. The van der Waals surface area contributed by atoms with E-state index in [1.807, 2.05) is 6.07 Å². The Balaban J connectivity index is 1.64. The molecule has 2 amide bonds. The van der Waals surface area contributed by atoms with E-state index in [0.717, 1.165) is 0 Å². The van der Waals surface area contributed by atoms with Gasteiger partial charge in [0.25, 0.3) is 0 Å².